The normalized spacial score (nSPS) is 9.43. The summed E-state index contributed by atoms with van der Waals surface area (Å²) < 4.78 is 105. The molecule has 0 unspecified atom stereocenters. The van der Waals surface area contributed by atoms with Crippen molar-refractivity contribution in [3.05, 3.63) is 276 Å². The highest BCUT2D eigenvalue weighted by molar-refractivity contribution is 5.89. The second-order valence-electron chi connectivity index (χ2n) is 26.3. The Morgan fingerprint density at radius 1 is 0.182 bits per heavy atom. The number of esters is 20. The van der Waals surface area contributed by atoms with E-state index in [0.717, 1.165) is 135 Å². The zero-order valence-corrected chi connectivity index (χ0v) is 81.9. The van der Waals surface area contributed by atoms with E-state index in [1.807, 2.05) is 13.8 Å². The molecular weight excluding hydrogens is 1890 g/mol. The van der Waals surface area contributed by atoms with Crippen LogP contribution in [0.1, 0.15) is 72.6 Å². The van der Waals surface area contributed by atoms with Crippen molar-refractivity contribution in [3.63, 3.8) is 0 Å². The van der Waals surface area contributed by atoms with Crippen LogP contribution in [-0.4, -0.2) is 278 Å². The van der Waals surface area contributed by atoms with Gasteiger partial charge in [-0.3, -0.25) is 0 Å². The van der Waals surface area contributed by atoms with E-state index >= 15 is 0 Å². The highest BCUT2D eigenvalue weighted by atomic mass is 16.6. The fourth-order valence-corrected chi connectivity index (χ4v) is 6.67. The van der Waals surface area contributed by atoms with Gasteiger partial charge in [0.2, 0.25) is 0 Å². The van der Waals surface area contributed by atoms with Crippen LogP contribution in [0.4, 0.5) is 0 Å². The third kappa shape index (κ3) is 114. The third-order valence-corrected chi connectivity index (χ3v) is 13.8. The van der Waals surface area contributed by atoms with E-state index < -0.39 is 118 Å². The minimum absolute atomic E-state index is 0.135. The van der Waals surface area contributed by atoms with Gasteiger partial charge in [-0.1, -0.05) is 145 Å². The van der Waals surface area contributed by atoms with Gasteiger partial charge in [-0.05, 0) is 76.7 Å². The molecule has 0 aliphatic carbocycles. The Hall–Kier alpha value is -16.4. The van der Waals surface area contributed by atoms with Gasteiger partial charge in [0, 0.05) is 132 Å². The second kappa shape index (κ2) is 105. The first-order valence-electron chi connectivity index (χ1n) is 42.3. The molecule has 0 aliphatic rings. The number of hydrogen-bond donors (Lipinski definition) is 0. The van der Waals surface area contributed by atoms with Gasteiger partial charge in [0.1, 0.15) is 84.7 Å². The molecule has 0 spiro atoms. The van der Waals surface area contributed by atoms with Crippen LogP contribution in [0.2, 0.25) is 0 Å². The SMILES string of the molecule is C=C(C)C(=O)OCCOCCOC(=O)C(=C)C.C=CC(=O)OC/C=C/COC(=O)C=C.C=CC(=O)OC/C=C\COC(=O)C=C.C=CC(=O)OCC(C)(C)COC(=O)C=C.C=CC(=O)OCC(COC(=O)C=C)(COC(=O)C=C)COC(=O)C=C.C=CC(=O)OCCCCCCOC(=O)C=C.C=CC(=O)OCCCCOC(=O)C=C.C=CC(=O)OCCCOC(=O)C=C.C=CC(=O)OCCOCCOC(=O)C=C. The first kappa shape index (κ1) is 144. The van der Waals surface area contributed by atoms with E-state index in [0.29, 0.717) is 56.8 Å². The van der Waals surface area contributed by atoms with Crippen molar-refractivity contribution < 1.29 is 200 Å². The molecule has 0 heterocycles. The summed E-state index contributed by atoms with van der Waals surface area (Å²) in [6.07, 6.45) is 30.6. The van der Waals surface area contributed by atoms with Crippen molar-refractivity contribution in [2.24, 2.45) is 10.8 Å². The lowest BCUT2D eigenvalue weighted by Crippen LogP contribution is -2.43. The van der Waals surface area contributed by atoms with Crippen molar-refractivity contribution in [1.82, 2.24) is 0 Å². The Balaban J connectivity index is -0.000000203. The lowest BCUT2D eigenvalue weighted by atomic mass is 9.92. The van der Waals surface area contributed by atoms with Crippen LogP contribution in [0, 0.1) is 10.8 Å². The summed E-state index contributed by atoms with van der Waals surface area (Å²) >= 11 is 0. The summed E-state index contributed by atoms with van der Waals surface area (Å²) in [6, 6.07) is 0. The standard InChI is InChI=1S/C17H20O8.C12H18O5.C12H18O4.C11H16O4.C10H14O5.C10H14O4.2C10H12O4.C9H12O4/c1-5-13(18)22-9-17(10-23-14(19)6-2,11-24-15(20)7-3)12-25-16(21)8-4;1-9(2)11(13)16-7-5-15-6-8-17-12(14)10(3)4;1-3-11(13)15-9-7-5-6-8-10-16-12(14)4-2;1-5-9(12)14-7-11(3,4)8-15-10(13)6-2;1-3-9(11)14-7-5-13-6-8-15-10(12)4-2;3*1-3-9(11)13-7-5-6-8-14-10(12)4-2;1-3-8(10)12-6-5-7-13-9(11)4-2/h5-8H,1-4,9-12H2;1,3,5-8H2,2,4H3;3-4H,1-2,5-10H2;5-6H,1-2,7-8H2,3-4H3;3-4H,1-2,5-8H2;3-4H,1-2,5-8H2;2*3-6H,1-2,7-8H2;3-4H,1-2,5-7H2/b;;;;;;6-5+;6-5-;. The Morgan fingerprint density at radius 3 is 0.510 bits per heavy atom. The van der Waals surface area contributed by atoms with Crippen LogP contribution in [0.25, 0.3) is 0 Å². The van der Waals surface area contributed by atoms with Gasteiger partial charge in [-0.15, -0.1) is 0 Å². The summed E-state index contributed by atoms with van der Waals surface area (Å²) in [5, 5.41) is 0. The van der Waals surface area contributed by atoms with E-state index in [1.165, 1.54) is 0 Å². The summed E-state index contributed by atoms with van der Waals surface area (Å²) in [6.45, 7) is 75.1. The molecule has 42 heteroatoms. The van der Waals surface area contributed by atoms with Gasteiger partial charge in [0.15, 0.2) is 0 Å². The van der Waals surface area contributed by atoms with Crippen molar-refractivity contribution in [2.45, 2.75) is 72.6 Å². The van der Waals surface area contributed by atoms with E-state index in [1.54, 1.807) is 38.2 Å². The topological polar surface area (TPSA) is 544 Å². The number of ether oxygens (including phenoxy) is 22. The largest absolute Gasteiger partial charge is 0.463 e. The average molecular weight is 2020 g/mol. The molecule has 0 fully saturated rings. The maximum Gasteiger partial charge on any atom is 0.333 e. The molecule has 0 aromatic rings. The molecule has 0 radical (unpaired) electrons. The first-order chi connectivity index (χ1) is 67.9. The van der Waals surface area contributed by atoms with Crippen molar-refractivity contribution in [2.75, 3.05) is 159 Å². The molecular formula is C101H136O42. The van der Waals surface area contributed by atoms with Crippen molar-refractivity contribution in [3.8, 4) is 0 Å². The molecule has 0 N–H and O–H groups in total. The van der Waals surface area contributed by atoms with Crippen molar-refractivity contribution in [1.29, 1.82) is 0 Å². The minimum atomic E-state index is -1.34. The first-order valence-corrected chi connectivity index (χ1v) is 42.3. The molecule has 0 aliphatic heterocycles. The van der Waals surface area contributed by atoms with Gasteiger partial charge in [-0.25, -0.2) is 95.9 Å². The van der Waals surface area contributed by atoms with Crippen LogP contribution < -0.4 is 0 Å². The molecule has 792 valence electrons. The molecule has 0 amide bonds. The van der Waals surface area contributed by atoms with Crippen molar-refractivity contribution >= 4 is 119 Å². The van der Waals surface area contributed by atoms with Gasteiger partial charge in [0.05, 0.1) is 79.3 Å². The fourth-order valence-electron chi connectivity index (χ4n) is 6.67. The molecule has 0 saturated carbocycles. The molecule has 0 aromatic heterocycles. The zero-order chi connectivity index (χ0) is 111. The summed E-state index contributed by atoms with van der Waals surface area (Å²) in [5.41, 5.74) is -1.06. The average Bonchev–Trinajstić information content (AvgIpc) is 0.854. The highest BCUT2D eigenvalue weighted by Crippen LogP contribution is 2.22. The maximum absolute atomic E-state index is 11.3. The summed E-state index contributed by atoms with van der Waals surface area (Å²) in [4.78, 5) is 215. The van der Waals surface area contributed by atoms with Crippen LogP contribution >= 0.6 is 0 Å². The number of hydrogen-bond acceptors (Lipinski definition) is 42. The Labute approximate surface area is 834 Å². The molecule has 0 aromatic carbocycles. The van der Waals surface area contributed by atoms with Crippen LogP contribution in [0.3, 0.4) is 0 Å². The van der Waals surface area contributed by atoms with Crippen LogP contribution in [0.15, 0.2) is 276 Å². The van der Waals surface area contributed by atoms with E-state index in [9.17, 15) is 95.9 Å². The zero-order valence-electron chi connectivity index (χ0n) is 81.9. The quantitative estimate of drug-likeness (QED) is 0.0179. The maximum atomic E-state index is 11.3. The number of unbranched alkanes of at least 4 members (excludes halogenated alkanes) is 4. The Bertz CT molecular complexity index is 3820. The van der Waals surface area contributed by atoms with Gasteiger partial charge in [-0.2, -0.15) is 0 Å². The lowest BCUT2D eigenvalue weighted by molar-refractivity contribution is -0.165. The van der Waals surface area contributed by atoms with Gasteiger partial charge in [0.25, 0.3) is 0 Å². The van der Waals surface area contributed by atoms with Gasteiger partial charge >= 0.3 is 119 Å². The lowest BCUT2D eigenvalue weighted by Gasteiger charge is -2.31. The van der Waals surface area contributed by atoms with E-state index in [2.05, 4.69) is 169 Å². The minimum Gasteiger partial charge on any atom is -0.463 e. The molecule has 0 saturated heterocycles. The number of rotatable bonds is 68. The Morgan fingerprint density at radius 2 is 0.329 bits per heavy atom. The molecule has 0 bridgehead atoms. The van der Waals surface area contributed by atoms with Crippen LogP contribution in [-0.2, 0) is 200 Å². The Kier molecular flexibility index (Phi) is 106. The molecule has 42 nitrogen and oxygen atoms in total. The van der Waals surface area contributed by atoms with E-state index in [-0.39, 0.29) is 144 Å². The van der Waals surface area contributed by atoms with E-state index in [4.69, 9.17) is 66.3 Å². The monoisotopic (exact) mass is 2020 g/mol. The third-order valence-electron chi connectivity index (χ3n) is 13.8. The highest BCUT2D eigenvalue weighted by Gasteiger charge is 2.37. The molecule has 0 atom stereocenters. The summed E-state index contributed by atoms with van der Waals surface area (Å²) in [7, 11) is 0. The van der Waals surface area contributed by atoms with Gasteiger partial charge < -0.3 is 104 Å². The molecule has 143 heavy (non-hydrogen) atoms. The smallest absolute Gasteiger partial charge is 0.333 e. The summed E-state index contributed by atoms with van der Waals surface area (Å²) in [5.74, 6) is -10.4. The predicted molar refractivity (Wildman–Crippen MR) is 521 cm³/mol. The molecule has 0 rings (SSSR count). The number of carbonyl (C=O) groups is 20. The predicted octanol–water partition coefficient (Wildman–Crippen LogP) is 10.1. The second-order valence-corrected chi connectivity index (χ2v) is 26.3. The number of carbonyl (C=O) groups excluding carboxylic acids is 20. The fraction of sp³-hybridized carbons (Fsp3) is 0.366. The van der Waals surface area contributed by atoms with Crippen LogP contribution in [0.5, 0.6) is 0 Å².